The van der Waals surface area contributed by atoms with Crippen LogP contribution in [0.25, 0.3) is 0 Å². The largest absolute Gasteiger partial charge is 0.383 e. The lowest BCUT2D eigenvalue weighted by Gasteiger charge is -2.47. The average molecular weight is 256 g/mol. The van der Waals surface area contributed by atoms with Crippen molar-refractivity contribution in [1.82, 2.24) is 4.90 Å². The normalized spacial score (nSPS) is 31.1. The molecule has 0 bridgehead atoms. The van der Waals surface area contributed by atoms with E-state index >= 15 is 0 Å². The first-order chi connectivity index (χ1) is 8.32. The number of likely N-dealkylation sites (N-methyl/N-ethyl adjacent to an activating group) is 1. The van der Waals surface area contributed by atoms with Gasteiger partial charge in [0.25, 0.3) is 0 Å². The van der Waals surface area contributed by atoms with E-state index in [1.54, 1.807) is 12.0 Å². The van der Waals surface area contributed by atoms with Crippen LogP contribution in [-0.2, 0) is 9.53 Å². The summed E-state index contributed by atoms with van der Waals surface area (Å²) in [6.07, 6.45) is 1.84. The first-order valence-corrected chi connectivity index (χ1v) is 6.81. The Morgan fingerprint density at radius 1 is 1.44 bits per heavy atom. The molecule has 3 unspecified atom stereocenters. The van der Waals surface area contributed by atoms with E-state index in [0.29, 0.717) is 19.1 Å². The van der Waals surface area contributed by atoms with Crippen molar-refractivity contribution >= 4 is 5.91 Å². The van der Waals surface area contributed by atoms with E-state index in [-0.39, 0.29) is 23.3 Å². The molecule has 1 aliphatic carbocycles. The van der Waals surface area contributed by atoms with Crippen LogP contribution in [0.3, 0.4) is 0 Å². The van der Waals surface area contributed by atoms with Crippen LogP contribution in [0, 0.1) is 17.3 Å². The Kier molecular flexibility index (Phi) is 5.17. The van der Waals surface area contributed by atoms with Crippen LogP contribution in [0.4, 0.5) is 0 Å². The van der Waals surface area contributed by atoms with Gasteiger partial charge in [0.2, 0.25) is 5.91 Å². The van der Waals surface area contributed by atoms with E-state index in [4.69, 9.17) is 10.5 Å². The summed E-state index contributed by atoms with van der Waals surface area (Å²) in [5.41, 5.74) is 6.10. The Bertz CT molecular complexity index is 292. The molecular weight excluding hydrogens is 228 g/mol. The number of methoxy groups -OCH3 is 1. The molecule has 0 aliphatic heterocycles. The van der Waals surface area contributed by atoms with Gasteiger partial charge in [0, 0.05) is 32.7 Å². The van der Waals surface area contributed by atoms with Gasteiger partial charge in [-0.1, -0.05) is 20.8 Å². The molecule has 2 N–H and O–H groups in total. The summed E-state index contributed by atoms with van der Waals surface area (Å²) in [5.74, 6) is 0.681. The fraction of sp³-hybridized carbons (Fsp3) is 0.929. The lowest BCUT2D eigenvalue weighted by molar-refractivity contribution is -0.142. The average Bonchev–Trinajstić information content (AvgIpc) is 2.32. The van der Waals surface area contributed by atoms with Crippen LogP contribution in [-0.4, -0.2) is 44.2 Å². The minimum Gasteiger partial charge on any atom is -0.383 e. The number of ether oxygens (including phenoxy) is 1. The Balaban J connectivity index is 2.73. The maximum absolute atomic E-state index is 12.5. The number of amides is 1. The quantitative estimate of drug-likeness (QED) is 0.829. The second-order valence-corrected chi connectivity index (χ2v) is 6.16. The SMILES string of the molecule is COCCN(C)C(=O)C1CCC(N)C(C)C1(C)C. The second-order valence-electron chi connectivity index (χ2n) is 6.16. The molecule has 0 spiro atoms. The Hall–Kier alpha value is -0.610. The van der Waals surface area contributed by atoms with Crippen LogP contribution in [0.2, 0.25) is 0 Å². The van der Waals surface area contributed by atoms with Crippen molar-refractivity contribution in [2.45, 2.75) is 39.7 Å². The summed E-state index contributed by atoms with van der Waals surface area (Å²) < 4.78 is 5.03. The monoisotopic (exact) mass is 256 g/mol. The first-order valence-electron chi connectivity index (χ1n) is 6.81. The van der Waals surface area contributed by atoms with Gasteiger partial charge in [0.1, 0.15) is 0 Å². The number of carbonyl (C=O) groups is 1. The first kappa shape index (κ1) is 15.4. The summed E-state index contributed by atoms with van der Waals surface area (Å²) in [7, 11) is 3.51. The van der Waals surface area contributed by atoms with Crippen molar-refractivity contribution in [3.05, 3.63) is 0 Å². The molecule has 1 amide bonds. The highest BCUT2D eigenvalue weighted by Gasteiger charge is 2.45. The van der Waals surface area contributed by atoms with Crippen molar-refractivity contribution in [1.29, 1.82) is 0 Å². The van der Waals surface area contributed by atoms with Gasteiger partial charge in [-0.25, -0.2) is 0 Å². The van der Waals surface area contributed by atoms with Gasteiger partial charge >= 0.3 is 0 Å². The number of hydrogen-bond acceptors (Lipinski definition) is 3. The van der Waals surface area contributed by atoms with E-state index in [9.17, 15) is 4.79 Å². The van der Waals surface area contributed by atoms with Crippen molar-refractivity contribution in [3.8, 4) is 0 Å². The van der Waals surface area contributed by atoms with Crippen molar-refractivity contribution < 1.29 is 9.53 Å². The fourth-order valence-electron chi connectivity index (χ4n) is 2.90. The summed E-state index contributed by atoms with van der Waals surface area (Å²) in [6.45, 7) is 7.75. The highest BCUT2D eigenvalue weighted by molar-refractivity contribution is 5.79. The maximum Gasteiger partial charge on any atom is 0.226 e. The van der Waals surface area contributed by atoms with Crippen molar-refractivity contribution in [2.75, 3.05) is 27.3 Å². The molecule has 3 atom stereocenters. The van der Waals surface area contributed by atoms with E-state index in [2.05, 4.69) is 20.8 Å². The van der Waals surface area contributed by atoms with Crippen LogP contribution in [0.1, 0.15) is 33.6 Å². The Morgan fingerprint density at radius 3 is 2.61 bits per heavy atom. The van der Waals surface area contributed by atoms with Gasteiger partial charge in [-0.2, -0.15) is 0 Å². The molecule has 0 aromatic heterocycles. The standard InChI is InChI=1S/C14H28N2O2/c1-10-12(15)7-6-11(14(10,2)3)13(17)16(4)8-9-18-5/h10-12H,6-9,15H2,1-5H3. The van der Waals surface area contributed by atoms with E-state index < -0.39 is 0 Å². The molecule has 4 nitrogen and oxygen atoms in total. The van der Waals surface area contributed by atoms with Crippen LogP contribution >= 0.6 is 0 Å². The van der Waals surface area contributed by atoms with Crippen LogP contribution in [0.5, 0.6) is 0 Å². The number of nitrogens with two attached hydrogens (primary N) is 1. The van der Waals surface area contributed by atoms with Gasteiger partial charge in [0.15, 0.2) is 0 Å². The van der Waals surface area contributed by atoms with E-state index in [1.807, 2.05) is 7.05 Å². The summed E-state index contributed by atoms with van der Waals surface area (Å²) >= 11 is 0. The molecule has 0 aromatic carbocycles. The molecular formula is C14H28N2O2. The number of hydrogen-bond donors (Lipinski definition) is 1. The lowest BCUT2D eigenvalue weighted by Crippen LogP contribution is -2.52. The summed E-state index contributed by atoms with van der Waals surface area (Å²) in [5, 5.41) is 0. The molecule has 106 valence electrons. The van der Waals surface area contributed by atoms with E-state index in [1.165, 1.54) is 0 Å². The summed E-state index contributed by atoms with van der Waals surface area (Å²) in [4.78, 5) is 14.3. The molecule has 1 fully saturated rings. The number of nitrogens with zero attached hydrogens (tertiary/aromatic N) is 1. The molecule has 1 rings (SSSR count). The predicted octanol–water partition coefficient (Wildman–Crippen LogP) is 1.49. The maximum atomic E-state index is 12.5. The van der Waals surface area contributed by atoms with Crippen molar-refractivity contribution in [3.63, 3.8) is 0 Å². The molecule has 1 saturated carbocycles. The number of carbonyl (C=O) groups excluding carboxylic acids is 1. The van der Waals surface area contributed by atoms with Gasteiger partial charge < -0.3 is 15.4 Å². The molecule has 0 radical (unpaired) electrons. The summed E-state index contributed by atoms with van der Waals surface area (Å²) in [6, 6.07) is 0.216. The predicted molar refractivity (Wildman–Crippen MR) is 73.2 cm³/mol. The molecule has 4 heteroatoms. The third kappa shape index (κ3) is 3.04. The zero-order chi connectivity index (χ0) is 13.9. The van der Waals surface area contributed by atoms with Gasteiger partial charge in [-0.05, 0) is 24.2 Å². The number of rotatable bonds is 4. The molecule has 0 aromatic rings. The highest BCUT2D eigenvalue weighted by atomic mass is 16.5. The molecule has 1 aliphatic rings. The molecule has 0 saturated heterocycles. The van der Waals surface area contributed by atoms with Crippen LogP contribution in [0.15, 0.2) is 0 Å². The van der Waals surface area contributed by atoms with Crippen LogP contribution < -0.4 is 5.73 Å². The third-order valence-electron chi connectivity index (χ3n) is 4.81. The molecule has 18 heavy (non-hydrogen) atoms. The zero-order valence-corrected chi connectivity index (χ0v) is 12.4. The lowest BCUT2D eigenvalue weighted by atomic mass is 9.61. The zero-order valence-electron chi connectivity index (χ0n) is 12.4. The Morgan fingerprint density at radius 2 is 2.06 bits per heavy atom. The minimum absolute atomic E-state index is 0.0317. The van der Waals surface area contributed by atoms with E-state index in [0.717, 1.165) is 12.8 Å². The smallest absolute Gasteiger partial charge is 0.226 e. The highest BCUT2D eigenvalue weighted by Crippen LogP contribution is 2.44. The topological polar surface area (TPSA) is 55.6 Å². The minimum atomic E-state index is -0.0317. The third-order valence-corrected chi connectivity index (χ3v) is 4.81. The second kappa shape index (κ2) is 6.02. The van der Waals surface area contributed by atoms with Crippen molar-refractivity contribution in [2.24, 2.45) is 23.0 Å². The Labute approximate surface area is 111 Å². The van der Waals surface area contributed by atoms with Gasteiger partial charge in [-0.15, -0.1) is 0 Å². The molecule has 0 heterocycles. The fourth-order valence-corrected chi connectivity index (χ4v) is 2.90. The van der Waals surface area contributed by atoms with Gasteiger partial charge in [0.05, 0.1) is 6.61 Å². The van der Waals surface area contributed by atoms with Gasteiger partial charge in [-0.3, -0.25) is 4.79 Å².